The topological polar surface area (TPSA) is 118 Å². The third-order valence-corrected chi connectivity index (χ3v) is 5.36. The fourth-order valence-electron chi connectivity index (χ4n) is 2.86. The largest absolute Gasteiger partial charge is 0.490 e. The van der Waals surface area contributed by atoms with Crippen LogP contribution in [0.5, 0.6) is 11.5 Å². The first-order valence-corrected chi connectivity index (χ1v) is 11.6. The van der Waals surface area contributed by atoms with Gasteiger partial charge >= 0.3 is 11.8 Å². The normalized spacial score (nSPS) is 10.6. The number of ether oxygens (including phenoxy) is 2. The number of nitrogens with zero attached hydrogens (tertiary/aromatic N) is 1. The SMILES string of the molecule is CCOc1cc(/C=N\NC(=O)C(=O)Nc2cccc(Cl)c2Cl)ccc1OCC(=O)Nc1ccc(F)cc1. The van der Waals surface area contributed by atoms with Gasteiger partial charge < -0.3 is 20.1 Å². The van der Waals surface area contributed by atoms with Gasteiger partial charge in [-0.25, -0.2) is 9.82 Å². The first-order chi connectivity index (χ1) is 17.8. The number of benzene rings is 3. The summed E-state index contributed by atoms with van der Waals surface area (Å²) in [5.74, 6) is -2.23. The average Bonchev–Trinajstić information content (AvgIpc) is 2.87. The van der Waals surface area contributed by atoms with Crippen LogP contribution in [0.25, 0.3) is 0 Å². The smallest absolute Gasteiger partial charge is 0.329 e. The number of carbonyl (C=O) groups excluding carboxylic acids is 3. The van der Waals surface area contributed by atoms with Gasteiger partial charge in [0.15, 0.2) is 18.1 Å². The highest BCUT2D eigenvalue weighted by Gasteiger charge is 2.15. The number of carbonyl (C=O) groups is 3. The number of anilines is 2. The molecule has 3 rings (SSSR count). The number of hydrogen-bond donors (Lipinski definition) is 3. The maximum atomic E-state index is 13.0. The van der Waals surface area contributed by atoms with Gasteiger partial charge in [0.25, 0.3) is 5.91 Å². The Morgan fingerprint density at radius 3 is 2.43 bits per heavy atom. The van der Waals surface area contributed by atoms with Crippen LogP contribution >= 0.6 is 23.2 Å². The molecule has 0 bridgehead atoms. The van der Waals surface area contributed by atoms with Crippen LogP contribution in [-0.2, 0) is 14.4 Å². The molecule has 0 atom stereocenters. The fourth-order valence-corrected chi connectivity index (χ4v) is 3.21. The van der Waals surface area contributed by atoms with E-state index in [0.717, 1.165) is 0 Å². The van der Waals surface area contributed by atoms with Gasteiger partial charge in [-0.05, 0) is 67.1 Å². The molecule has 3 aromatic rings. The Labute approximate surface area is 221 Å². The number of halogens is 3. The lowest BCUT2D eigenvalue weighted by Gasteiger charge is -2.12. The van der Waals surface area contributed by atoms with E-state index < -0.39 is 23.5 Å². The lowest BCUT2D eigenvalue weighted by Crippen LogP contribution is -2.32. The summed E-state index contributed by atoms with van der Waals surface area (Å²) in [7, 11) is 0. The van der Waals surface area contributed by atoms with Gasteiger partial charge in [-0.15, -0.1) is 0 Å². The summed E-state index contributed by atoms with van der Waals surface area (Å²) in [5.41, 5.74) is 3.24. The molecule has 0 radical (unpaired) electrons. The summed E-state index contributed by atoms with van der Waals surface area (Å²) in [5, 5.41) is 9.04. The fraction of sp³-hybridized carbons (Fsp3) is 0.120. The highest BCUT2D eigenvalue weighted by atomic mass is 35.5. The zero-order valence-electron chi connectivity index (χ0n) is 19.4. The van der Waals surface area contributed by atoms with Crippen molar-refractivity contribution in [2.24, 2.45) is 5.10 Å². The van der Waals surface area contributed by atoms with E-state index in [1.54, 1.807) is 37.3 Å². The molecule has 192 valence electrons. The van der Waals surface area contributed by atoms with Gasteiger partial charge in [0, 0.05) is 5.69 Å². The van der Waals surface area contributed by atoms with Gasteiger partial charge in [-0.1, -0.05) is 29.3 Å². The van der Waals surface area contributed by atoms with E-state index in [-0.39, 0.29) is 22.3 Å². The van der Waals surface area contributed by atoms with E-state index >= 15 is 0 Å². The van der Waals surface area contributed by atoms with E-state index in [2.05, 4.69) is 21.2 Å². The van der Waals surface area contributed by atoms with Crippen molar-refractivity contribution < 1.29 is 28.2 Å². The van der Waals surface area contributed by atoms with Crippen LogP contribution < -0.4 is 25.5 Å². The number of hydrogen-bond acceptors (Lipinski definition) is 6. The summed E-state index contributed by atoms with van der Waals surface area (Å²) in [6, 6.07) is 14.7. The van der Waals surface area contributed by atoms with Crippen LogP contribution in [0.2, 0.25) is 10.0 Å². The lowest BCUT2D eigenvalue weighted by atomic mass is 10.2. The molecule has 3 N–H and O–H groups in total. The van der Waals surface area contributed by atoms with Crippen molar-refractivity contribution >= 4 is 58.5 Å². The second-order valence-corrected chi connectivity index (χ2v) is 8.02. The second-order valence-electron chi connectivity index (χ2n) is 7.24. The second kappa shape index (κ2) is 13.2. The minimum Gasteiger partial charge on any atom is -0.490 e. The summed E-state index contributed by atoms with van der Waals surface area (Å²) >= 11 is 11.9. The quantitative estimate of drug-likeness (QED) is 0.205. The van der Waals surface area contributed by atoms with Crippen LogP contribution in [0.4, 0.5) is 15.8 Å². The molecule has 3 aromatic carbocycles. The minimum absolute atomic E-state index is 0.104. The van der Waals surface area contributed by atoms with Gasteiger partial charge in [0.1, 0.15) is 5.82 Å². The summed E-state index contributed by atoms with van der Waals surface area (Å²) in [6.45, 7) is 1.78. The number of amides is 3. The molecule has 0 spiro atoms. The van der Waals surface area contributed by atoms with Gasteiger partial charge in [-0.3, -0.25) is 14.4 Å². The van der Waals surface area contributed by atoms with E-state index in [0.29, 0.717) is 29.4 Å². The Bertz CT molecular complexity index is 1320. The van der Waals surface area contributed by atoms with E-state index in [9.17, 15) is 18.8 Å². The van der Waals surface area contributed by atoms with Crippen LogP contribution in [0.15, 0.2) is 65.8 Å². The maximum Gasteiger partial charge on any atom is 0.329 e. The zero-order chi connectivity index (χ0) is 26.8. The third kappa shape index (κ3) is 8.19. The predicted octanol–water partition coefficient (Wildman–Crippen LogP) is 4.64. The van der Waals surface area contributed by atoms with Crippen LogP contribution in [0, 0.1) is 5.82 Å². The molecular weight excluding hydrogens is 526 g/mol. The van der Waals surface area contributed by atoms with Crippen molar-refractivity contribution in [2.45, 2.75) is 6.92 Å². The molecule has 3 amide bonds. The zero-order valence-corrected chi connectivity index (χ0v) is 20.9. The van der Waals surface area contributed by atoms with Crippen molar-refractivity contribution in [3.05, 3.63) is 82.1 Å². The van der Waals surface area contributed by atoms with E-state index in [1.165, 1.54) is 36.5 Å². The average molecular weight is 547 g/mol. The molecule has 9 nitrogen and oxygen atoms in total. The molecular formula is C25H21Cl2FN4O5. The Kier molecular flexibility index (Phi) is 9.82. The van der Waals surface area contributed by atoms with Gasteiger partial charge in [-0.2, -0.15) is 5.10 Å². The van der Waals surface area contributed by atoms with E-state index in [4.69, 9.17) is 32.7 Å². The van der Waals surface area contributed by atoms with Crippen molar-refractivity contribution in [1.82, 2.24) is 5.43 Å². The number of rotatable bonds is 9. The molecule has 0 unspecified atom stereocenters. The van der Waals surface area contributed by atoms with Crippen molar-refractivity contribution in [2.75, 3.05) is 23.8 Å². The van der Waals surface area contributed by atoms with Gasteiger partial charge in [0.2, 0.25) is 0 Å². The number of hydrazone groups is 1. The molecule has 37 heavy (non-hydrogen) atoms. The lowest BCUT2D eigenvalue weighted by molar-refractivity contribution is -0.136. The molecule has 0 aliphatic heterocycles. The third-order valence-electron chi connectivity index (χ3n) is 4.54. The molecule has 0 aliphatic rings. The minimum atomic E-state index is -1.02. The molecule has 12 heteroatoms. The van der Waals surface area contributed by atoms with Crippen molar-refractivity contribution in [3.8, 4) is 11.5 Å². The Morgan fingerprint density at radius 2 is 1.70 bits per heavy atom. The summed E-state index contributed by atoms with van der Waals surface area (Å²) in [4.78, 5) is 36.3. The maximum absolute atomic E-state index is 13.0. The Balaban J connectivity index is 1.56. The molecule has 0 aromatic heterocycles. The molecule has 0 heterocycles. The highest BCUT2D eigenvalue weighted by molar-refractivity contribution is 6.45. The first-order valence-electron chi connectivity index (χ1n) is 10.8. The van der Waals surface area contributed by atoms with Crippen LogP contribution in [0.1, 0.15) is 12.5 Å². The van der Waals surface area contributed by atoms with Crippen molar-refractivity contribution in [3.63, 3.8) is 0 Å². The Morgan fingerprint density at radius 1 is 0.946 bits per heavy atom. The van der Waals surface area contributed by atoms with Crippen LogP contribution in [-0.4, -0.2) is 37.1 Å². The number of nitrogens with one attached hydrogen (secondary N) is 3. The Hall–Kier alpha value is -4.15. The van der Waals surface area contributed by atoms with E-state index in [1.807, 2.05) is 0 Å². The molecule has 0 saturated carbocycles. The standard InChI is InChI=1S/C25H21Cl2FN4O5/c1-2-36-21-12-15(6-11-20(21)37-14-22(33)30-17-9-7-16(28)8-10-17)13-29-32-25(35)24(34)31-19-5-3-4-18(26)23(19)27/h3-13H,2,14H2,1H3,(H,30,33)(H,31,34)(H,32,35)/b29-13-. The summed E-state index contributed by atoms with van der Waals surface area (Å²) in [6.07, 6.45) is 1.30. The first kappa shape index (κ1) is 27.4. The monoisotopic (exact) mass is 546 g/mol. The molecule has 0 fully saturated rings. The van der Waals surface area contributed by atoms with Crippen LogP contribution in [0.3, 0.4) is 0 Å². The predicted molar refractivity (Wildman–Crippen MR) is 139 cm³/mol. The highest BCUT2D eigenvalue weighted by Crippen LogP contribution is 2.30. The summed E-state index contributed by atoms with van der Waals surface area (Å²) < 4.78 is 24.1. The molecule has 0 aliphatic carbocycles. The van der Waals surface area contributed by atoms with Gasteiger partial charge in [0.05, 0.1) is 28.6 Å². The molecule has 0 saturated heterocycles. The van der Waals surface area contributed by atoms with Crippen molar-refractivity contribution in [1.29, 1.82) is 0 Å².